The van der Waals surface area contributed by atoms with E-state index in [1.807, 2.05) is 0 Å². The monoisotopic (exact) mass is 466 g/mol. The van der Waals surface area contributed by atoms with Crippen molar-refractivity contribution in [2.24, 2.45) is 0 Å². The summed E-state index contributed by atoms with van der Waals surface area (Å²) in [5.74, 6) is -0.843. The molecule has 1 aliphatic rings. The molecule has 3 rings (SSSR count). The van der Waals surface area contributed by atoms with E-state index < -0.39 is 21.9 Å². The zero-order valence-corrected chi connectivity index (χ0v) is 17.5. The number of amides is 1. The minimum atomic E-state index is -3.65. The Kier molecular flexibility index (Phi) is 6.17. The van der Waals surface area contributed by atoms with E-state index in [2.05, 4.69) is 30.7 Å². The number of methoxy groups -OCH3 is 1. The van der Waals surface area contributed by atoms with E-state index in [9.17, 15) is 18.0 Å². The summed E-state index contributed by atoms with van der Waals surface area (Å²) in [5.41, 5.74) is 1.43. The van der Waals surface area contributed by atoms with Crippen molar-refractivity contribution >= 4 is 37.8 Å². The molecule has 1 fully saturated rings. The maximum atomic E-state index is 12.5. The molecule has 1 saturated carbocycles. The first-order valence-corrected chi connectivity index (χ1v) is 10.8. The predicted molar refractivity (Wildman–Crippen MR) is 106 cm³/mol. The van der Waals surface area contributed by atoms with Crippen molar-refractivity contribution in [1.82, 2.24) is 10.0 Å². The molecule has 28 heavy (non-hydrogen) atoms. The van der Waals surface area contributed by atoms with Crippen LogP contribution in [0, 0.1) is 0 Å². The minimum Gasteiger partial charge on any atom is -0.465 e. The van der Waals surface area contributed by atoms with Gasteiger partial charge < -0.3 is 10.1 Å². The van der Waals surface area contributed by atoms with Gasteiger partial charge in [0, 0.05) is 17.1 Å². The number of ether oxygens (including phenoxy) is 1. The Morgan fingerprint density at radius 1 is 1.14 bits per heavy atom. The highest BCUT2D eigenvalue weighted by atomic mass is 79.9. The highest BCUT2D eigenvalue weighted by molar-refractivity contribution is 9.10. The molecule has 0 spiro atoms. The minimum absolute atomic E-state index is 0.0149. The largest absolute Gasteiger partial charge is 0.465 e. The van der Waals surface area contributed by atoms with E-state index in [0.29, 0.717) is 10.0 Å². The molecule has 0 bridgehead atoms. The molecule has 0 heterocycles. The van der Waals surface area contributed by atoms with Gasteiger partial charge in [-0.05, 0) is 64.7 Å². The summed E-state index contributed by atoms with van der Waals surface area (Å²) in [4.78, 5) is 24.0. The Bertz CT molecular complexity index is 1000. The highest BCUT2D eigenvalue weighted by Crippen LogP contribution is 2.25. The van der Waals surface area contributed by atoms with Crippen molar-refractivity contribution in [2.75, 3.05) is 7.11 Å². The van der Waals surface area contributed by atoms with Crippen molar-refractivity contribution in [3.63, 3.8) is 0 Å². The quantitative estimate of drug-likeness (QED) is 0.610. The number of hydrogen-bond donors (Lipinski definition) is 2. The van der Waals surface area contributed by atoms with Gasteiger partial charge in [0.05, 0.1) is 23.1 Å². The summed E-state index contributed by atoms with van der Waals surface area (Å²) in [5, 5.41) is 2.75. The second-order valence-electron chi connectivity index (χ2n) is 6.41. The van der Waals surface area contributed by atoms with Crippen LogP contribution in [0.2, 0.25) is 0 Å². The number of carbonyl (C=O) groups excluding carboxylic acids is 2. The molecule has 0 atom stereocenters. The van der Waals surface area contributed by atoms with Gasteiger partial charge in [-0.25, -0.2) is 17.9 Å². The average Bonchev–Trinajstić information content (AvgIpc) is 3.49. The van der Waals surface area contributed by atoms with Crippen LogP contribution in [0.1, 0.15) is 39.1 Å². The lowest BCUT2D eigenvalue weighted by atomic mass is 10.1. The summed E-state index contributed by atoms with van der Waals surface area (Å²) < 4.78 is 32.5. The van der Waals surface area contributed by atoms with E-state index in [4.69, 9.17) is 0 Å². The molecule has 1 aliphatic carbocycles. The van der Waals surface area contributed by atoms with Gasteiger partial charge in [0.15, 0.2) is 0 Å². The molecule has 0 unspecified atom stereocenters. The third kappa shape index (κ3) is 4.98. The lowest BCUT2D eigenvalue weighted by Gasteiger charge is -2.10. The van der Waals surface area contributed by atoms with Crippen molar-refractivity contribution in [3.8, 4) is 0 Å². The van der Waals surface area contributed by atoms with Gasteiger partial charge in [0.2, 0.25) is 10.0 Å². The van der Waals surface area contributed by atoms with Crippen molar-refractivity contribution in [2.45, 2.75) is 30.3 Å². The first-order valence-electron chi connectivity index (χ1n) is 8.57. The standard InChI is InChI=1S/C19H19BrN2O5S/c1-27-19(24)13-4-2-12(3-5-13)11-21-18(23)16-10-15(8-9-17(16)20)28(25,26)22-14-6-7-14/h2-5,8-10,14,22H,6-7,11H2,1H3,(H,21,23). The van der Waals surface area contributed by atoms with Crippen LogP contribution < -0.4 is 10.0 Å². The lowest BCUT2D eigenvalue weighted by Crippen LogP contribution is -2.27. The fraction of sp³-hybridized carbons (Fsp3) is 0.263. The molecule has 7 nitrogen and oxygen atoms in total. The fourth-order valence-corrected chi connectivity index (χ4v) is 4.25. The van der Waals surface area contributed by atoms with Gasteiger partial charge in [-0.15, -0.1) is 0 Å². The number of benzene rings is 2. The molecule has 1 amide bonds. The average molecular weight is 467 g/mol. The zero-order valence-electron chi connectivity index (χ0n) is 15.1. The molecule has 2 aromatic rings. The second-order valence-corrected chi connectivity index (χ2v) is 8.98. The molecule has 0 saturated heterocycles. The zero-order chi connectivity index (χ0) is 20.3. The van der Waals surface area contributed by atoms with Crippen LogP contribution in [-0.4, -0.2) is 33.4 Å². The summed E-state index contributed by atoms with van der Waals surface area (Å²) in [6.45, 7) is 0.226. The van der Waals surface area contributed by atoms with Gasteiger partial charge in [-0.2, -0.15) is 0 Å². The fourth-order valence-electron chi connectivity index (χ4n) is 2.49. The molecule has 0 radical (unpaired) electrons. The Morgan fingerprint density at radius 3 is 2.43 bits per heavy atom. The smallest absolute Gasteiger partial charge is 0.337 e. The Balaban J connectivity index is 1.70. The van der Waals surface area contributed by atoms with Gasteiger partial charge in [0.25, 0.3) is 5.91 Å². The van der Waals surface area contributed by atoms with Gasteiger partial charge >= 0.3 is 5.97 Å². The summed E-state index contributed by atoms with van der Waals surface area (Å²) in [6, 6.07) is 11.0. The Morgan fingerprint density at radius 2 is 1.82 bits per heavy atom. The molecular weight excluding hydrogens is 448 g/mol. The number of nitrogens with one attached hydrogen (secondary N) is 2. The first-order chi connectivity index (χ1) is 13.3. The highest BCUT2D eigenvalue weighted by Gasteiger charge is 2.28. The van der Waals surface area contributed by atoms with Crippen LogP contribution in [0.3, 0.4) is 0 Å². The van der Waals surface area contributed by atoms with E-state index in [0.717, 1.165) is 18.4 Å². The van der Waals surface area contributed by atoms with Crippen LogP contribution in [0.5, 0.6) is 0 Å². The predicted octanol–water partition coefficient (Wildman–Crippen LogP) is 2.61. The molecule has 0 aliphatic heterocycles. The molecule has 0 aromatic heterocycles. The molecular formula is C19H19BrN2O5S. The van der Waals surface area contributed by atoms with Crippen LogP contribution in [-0.2, 0) is 21.3 Å². The van der Waals surface area contributed by atoms with Crippen LogP contribution in [0.15, 0.2) is 51.8 Å². The summed E-state index contributed by atoms with van der Waals surface area (Å²) in [6.07, 6.45) is 1.66. The van der Waals surface area contributed by atoms with Crippen molar-refractivity contribution in [3.05, 3.63) is 63.6 Å². The number of carbonyl (C=O) groups is 2. The Labute approximate surface area is 171 Å². The number of sulfonamides is 1. The summed E-state index contributed by atoms with van der Waals surface area (Å²) >= 11 is 3.29. The number of rotatable bonds is 7. The number of hydrogen-bond acceptors (Lipinski definition) is 5. The second kappa shape index (κ2) is 8.42. The third-order valence-electron chi connectivity index (χ3n) is 4.22. The number of halogens is 1. The maximum absolute atomic E-state index is 12.5. The van der Waals surface area contributed by atoms with Gasteiger partial charge in [-0.1, -0.05) is 12.1 Å². The van der Waals surface area contributed by atoms with Crippen LogP contribution >= 0.6 is 15.9 Å². The molecule has 148 valence electrons. The normalized spacial score (nSPS) is 13.8. The van der Waals surface area contributed by atoms with E-state index in [1.165, 1.54) is 19.2 Å². The molecule has 9 heteroatoms. The van der Waals surface area contributed by atoms with Crippen LogP contribution in [0.4, 0.5) is 0 Å². The van der Waals surface area contributed by atoms with E-state index in [1.54, 1.807) is 30.3 Å². The SMILES string of the molecule is COC(=O)c1ccc(CNC(=O)c2cc(S(=O)(=O)NC3CC3)ccc2Br)cc1. The number of esters is 1. The van der Waals surface area contributed by atoms with Crippen molar-refractivity contribution in [1.29, 1.82) is 0 Å². The molecule has 2 aromatic carbocycles. The Hall–Kier alpha value is -2.23. The van der Waals surface area contributed by atoms with Gasteiger partial charge in [0.1, 0.15) is 0 Å². The first kappa shape index (κ1) is 20.5. The third-order valence-corrected chi connectivity index (χ3v) is 6.43. The van der Waals surface area contributed by atoms with Gasteiger partial charge in [-0.3, -0.25) is 4.79 Å². The van der Waals surface area contributed by atoms with Crippen molar-refractivity contribution < 1.29 is 22.7 Å². The van der Waals surface area contributed by atoms with E-state index in [-0.39, 0.29) is 23.0 Å². The summed E-state index contributed by atoms with van der Waals surface area (Å²) in [7, 11) is -2.34. The maximum Gasteiger partial charge on any atom is 0.337 e. The lowest BCUT2D eigenvalue weighted by molar-refractivity contribution is 0.0600. The topological polar surface area (TPSA) is 102 Å². The molecule has 2 N–H and O–H groups in total. The van der Waals surface area contributed by atoms with Crippen LogP contribution in [0.25, 0.3) is 0 Å². The van der Waals surface area contributed by atoms with E-state index >= 15 is 0 Å².